The number of piperidine rings is 1. The lowest BCUT2D eigenvalue weighted by Gasteiger charge is -2.40. The van der Waals surface area contributed by atoms with Gasteiger partial charge in [-0.15, -0.1) is 0 Å². The molecular weight excluding hydrogens is 563 g/mol. The van der Waals surface area contributed by atoms with E-state index in [1.165, 1.54) is 0 Å². The van der Waals surface area contributed by atoms with Crippen molar-refractivity contribution in [2.45, 2.75) is 56.5 Å². The maximum absolute atomic E-state index is 13.3. The van der Waals surface area contributed by atoms with Gasteiger partial charge in [0.25, 0.3) is 5.92 Å². The van der Waals surface area contributed by atoms with E-state index >= 15 is 0 Å². The Bertz CT molecular complexity index is 587. The maximum Gasteiger partial charge on any atom is 0.250 e. The fourth-order valence-corrected chi connectivity index (χ4v) is 4.68. The summed E-state index contributed by atoms with van der Waals surface area (Å²) < 4.78 is 28.4. The second-order valence-electron chi connectivity index (χ2n) is 6.49. The number of nitrogens with zero attached hydrogens (tertiary/aromatic N) is 3. The number of nitrogens with one attached hydrogen (secondary N) is 1. The van der Waals surface area contributed by atoms with E-state index in [-0.39, 0.29) is 18.1 Å². The molecule has 0 bridgehead atoms. The summed E-state index contributed by atoms with van der Waals surface area (Å²) in [5.41, 5.74) is 0. The van der Waals surface area contributed by atoms with Crippen LogP contribution >= 0.6 is 56.8 Å². The maximum atomic E-state index is 13.3. The van der Waals surface area contributed by atoms with Gasteiger partial charge in [0.1, 0.15) is 9.52 Å². The molecule has 4 nitrogen and oxygen atoms in total. The first-order valence-corrected chi connectivity index (χ1v) is 10.6. The van der Waals surface area contributed by atoms with Crippen molar-refractivity contribution in [3.8, 4) is 0 Å². The molecule has 1 saturated heterocycles. The zero-order valence-electron chi connectivity index (χ0n) is 13.0. The van der Waals surface area contributed by atoms with E-state index in [2.05, 4.69) is 65.4 Å². The minimum atomic E-state index is -2.46. The van der Waals surface area contributed by atoms with Crippen molar-refractivity contribution in [1.82, 2.24) is 14.9 Å². The number of halogens is 5. The molecule has 0 spiro atoms. The molecule has 0 atom stereocenters. The Hall–Kier alpha value is 0.450. The summed E-state index contributed by atoms with van der Waals surface area (Å²) in [5.74, 6) is -1.67. The summed E-state index contributed by atoms with van der Waals surface area (Å²) in [4.78, 5) is 10.7. The van der Waals surface area contributed by atoms with E-state index in [1.807, 2.05) is 0 Å². The van der Waals surface area contributed by atoms with Gasteiger partial charge in [0.15, 0.2) is 0 Å². The number of anilines is 1. The number of hydrogen-bond donors (Lipinski definition) is 1. The molecule has 0 unspecified atom stereocenters. The van der Waals surface area contributed by atoms with Crippen LogP contribution in [0.5, 0.6) is 0 Å². The third-order valence-corrected chi connectivity index (χ3v) is 7.87. The lowest BCUT2D eigenvalue weighted by Crippen LogP contribution is -2.47. The Morgan fingerprint density at radius 2 is 1.71 bits per heavy atom. The molecule has 1 aliphatic heterocycles. The topological polar surface area (TPSA) is 41.0 Å². The van der Waals surface area contributed by atoms with Crippen molar-refractivity contribution in [3.63, 3.8) is 0 Å². The Morgan fingerprint density at radius 3 is 2.33 bits per heavy atom. The number of rotatable bonds is 3. The average Bonchev–Trinajstić information content (AvgIpc) is 2.53. The van der Waals surface area contributed by atoms with Crippen LogP contribution in [0, 0.1) is 7.27 Å². The average molecular weight is 583 g/mol. The van der Waals surface area contributed by atoms with Crippen LogP contribution in [0.1, 0.15) is 38.5 Å². The predicted octanol–water partition coefficient (Wildman–Crippen LogP) is 4.79. The van der Waals surface area contributed by atoms with Crippen LogP contribution in [-0.4, -0.2) is 46.0 Å². The molecule has 1 aliphatic carbocycles. The molecule has 1 saturated carbocycles. The van der Waals surface area contributed by atoms with Gasteiger partial charge in [0, 0.05) is 38.0 Å². The molecule has 2 aliphatic rings. The van der Waals surface area contributed by atoms with E-state index in [0.717, 1.165) is 38.8 Å². The summed E-state index contributed by atoms with van der Waals surface area (Å²) in [6.45, 7) is 1.04. The minimum Gasteiger partial charge on any atom is -0.366 e. The van der Waals surface area contributed by atoms with Gasteiger partial charge in [-0.1, -0.05) is 0 Å². The van der Waals surface area contributed by atoms with Crippen LogP contribution in [-0.2, 0) is 0 Å². The van der Waals surface area contributed by atoms with Crippen molar-refractivity contribution in [3.05, 3.63) is 12.6 Å². The Kier molecular flexibility index (Phi) is 6.40. The van der Waals surface area contributed by atoms with Crippen molar-refractivity contribution in [2.75, 3.05) is 18.4 Å². The van der Waals surface area contributed by atoms with Gasteiger partial charge in [0.2, 0.25) is 5.28 Å². The Balaban J connectivity index is 1.53. The first-order chi connectivity index (χ1) is 11.3. The van der Waals surface area contributed by atoms with Gasteiger partial charge < -0.3 is 5.32 Å². The summed E-state index contributed by atoms with van der Waals surface area (Å²) in [5, 5.41) is 3.74. The third-order valence-electron chi connectivity index (χ3n) is 4.87. The molecule has 0 amide bonds. The SMILES string of the molecule is FC1(F)CCN(C2CCC(Nc3nc(Cl)nc(I)c3I)CC2)CC1. The molecule has 0 aromatic carbocycles. The molecule has 2 heterocycles. The molecule has 134 valence electrons. The van der Waals surface area contributed by atoms with E-state index in [0.29, 0.717) is 25.2 Å². The molecule has 0 radical (unpaired) electrons. The normalized spacial score (nSPS) is 27.9. The molecule has 24 heavy (non-hydrogen) atoms. The highest BCUT2D eigenvalue weighted by atomic mass is 127. The van der Waals surface area contributed by atoms with Crippen molar-refractivity contribution in [2.24, 2.45) is 0 Å². The van der Waals surface area contributed by atoms with E-state index in [9.17, 15) is 8.78 Å². The first-order valence-electron chi connectivity index (χ1n) is 8.11. The monoisotopic (exact) mass is 582 g/mol. The molecular formula is C15H19ClF2I2N4. The van der Waals surface area contributed by atoms with Crippen LogP contribution in [0.2, 0.25) is 5.28 Å². The molecule has 3 rings (SSSR count). The highest BCUT2D eigenvalue weighted by molar-refractivity contribution is 14.1. The van der Waals surface area contributed by atoms with Gasteiger partial charge in [-0.25, -0.2) is 13.8 Å². The first kappa shape index (κ1) is 19.2. The van der Waals surface area contributed by atoms with Crippen molar-refractivity contribution in [1.29, 1.82) is 0 Å². The summed E-state index contributed by atoms with van der Waals surface area (Å²) in [6, 6.07) is 0.787. The fourth-order valence-electron chi connectivity index (χ4n) is 3.48. The molecule has 1 N–H and O–H groups in total. The standard InChI is InChI=1S/C15H19ClF2I2N4/c16-14-22-12(20)11(19)13(23-14)21-9-1-3-10(4-2-9)24-7-5-15(17,18)6-8-24/h9-10H,1-8H2,(H,21,22,23). The second kappa shape index (κ2) is 7.99. The van der Waals surface area contributed by atoms with Crippen LogP contribution < -0.4 is 5.32 Å². The highest BCUT2D eigenvalue weighted by Gasteiger charge is 2.37. The van der Waals surface area contributed by atoms with E-state index in [4.69, 9.17) is 11.6 Å². The second-order valence-corrected chi connectivity index (χ2v) is 8.93. The van der Waals surface area contributed by atoms with Crippen LogP contribution in [0.25, 0.3) is 0 Å². The van der Waals surface area contributed by atoms with Gasteiger partial charge in [-0.2, -0.15) is 4.98 Å². The van der Waals surface area contributed by atoms with Gasteiger partial charge >= 0.3 is 0 Å². The minimum absolute atomic E-state index is 0.00124. The van der Waals surface area contributed by atoms with E-state index < -0.39 is 5.92 Å². The lowest BCUT2D eigenvalue weighted by molar-refractivity contribution is -0.0657. The zero-order valence-corrected chi connectivity index (χ0v) is 18.1. The number of aromatic nitrogens is 2. The smallest absolute Gasteiger partial charge is 0.250 e. The Labute approximate surface area is 172 Å². The highest BCUT2D eigenvalue weighted by Crippen LogP contribution is 2.33. The molecule has 1 aromatic heterocycles. The molecule has 2 fully saturated rings. The van der Waals surface area contributed by atoms with Crippen molar-refractivity contribution < 1.29 is 8.78 Å². The van der Waals surface area contributed by atoms with Gasteiger partial charge in [-0.3, -0.25) is 4.90 Å². The predicted molar refractivity (Wildman–Crippen MR) is 108 cm³/mol. The van der Waals surface area contributed by atoms with Crippen molar-refractivity contribution >= 4 is 62.6 Å². The number of alkyl halides is 2. The number of hydrogen-bond acceptors (Lipinski definition) is 4. The zero-order chi connectivity index (χ0) is 17.3. The summed E-state index contributed by atoms with van der Waals surface area (Å²) in [6.07, 6.45) is 4.12. The molecule has 1 aromatic rings. The van der Waals surface area contributed by atoms with Crippen LogP contribution in [0.4, 0.5) is 14.6 Å². The lowest BCUT2D eigenvalue weighted by atomic mass is 9.89. The third kappa shape index (κ3) is 4.79. The largest absolute Gasteiger partial charge is 0.366 e. The summed E-state index contributed by atoms with van der Waals surface area (Å²) >= 11 is 10.3. The fraction of sp³-hybridized carbons (Fsp3) is 0.733. The van der Waals surface area contributed by atoms with Gasteiger partial charge in [-0.05, 0) is 82.5 Å². The molecule has 9 heteroatoms. The quantitative estimate of drug-likeness (QED) is 0.316. The number of likely N-dealkylation sites (tertiary alicyclic amines) is 1. The summed E-state index contributed by atoms with van der Waals surface area (Å²) in [7, 11) is 0. The van der Waals surface area contributed by atoms with Gasteiger partial charge in [0.05, 0.1) is 3.57 Å². The Morgan fingerprint density at radius 1 is 1.08 bits per heavy atom. The van der Waals surface area contributed by atoms with Crippen LogP contribution in [0.15, 0.2) is 0 Å². The van der Waals surface area contributed by atoms with Crippen LogP contribution in [0.3, 0.4) is 0 Å². The van der Waals surface area contributed by atoms with E-state index in [1.54, 1.807) is 0 Å².